The SMILES string of the molecule is CC(=O)c1ccc(NC(=S)N2CCn3cccc3C2C)cc1. The van der Waals surface area contributed by atoms with Crippen LogP contribution in [0.15, 0.2) is 42.6 Å². The van der Waals surface area contributed by atoms with Gasteiger partial charge in [-0.15, -0.1) is 0 Å². The summed E-state index contributed by atoms with van der Waals surface area (Å²) in [5.41, 5.74) is 2.89. The number of benzene rings is 1. The summed E-state index contributed by atoms with van der Waals surface area (Å²) < 4.78 is 2.27. The zero-order valence-electron chi connectivity index (χ0n) is 12.7. The minimum absolute atomic E-state index is 0.0690. The van der Waals surface area contributed by atoms with Crippen LogP contribution in [0.1, 0.15) is 35.9 Å². The van der Waals surface area contributed by atoms with Gasteiger partial charge in [-0.1, -0.05) is 0 Å². The molecule has 114 valence electrons. The third-order valence-corrected chi connectivity index (χ3v) is 4.48. The molecular formula is C17H19N3OS. The van der Waals surface area contributed by atoms with Gasteiger partial charge in [0.25, 0.3) is 0 Å². The highest BCUT2D eigenvalue weighted by Crippen LogP contribution is 2.26. The molecule has 0 aliphatic carbocycles. The fourth-order valence-electron chi connectivity index (χ4n) is 2.84. The maximum atomic E-state index is 11.3. The van der Waals surface area contributed by atoms with E-state index in [1.165, 1.54) is 5.69 Å². The first kappa shape index (κ1) is 14.8. The van der Waals surface area contributed by atoms with Gasteiger partial charge in [-0.05, 0) is 62.5 Å². The lowest BCUT2D eigenvalue weighted by molar-refractivity contribution is 0.101. The first-order valence-electron chi connectivity index (χ1n) is 7.40. The maximum absolute atomic E-state index is 11.3. The van der Waals surface area contributed by atoms with Gasteiger partial charge in [-0.3, -0.25) is 4.79 Å². The highest BCUT2D eigenvalue weighted by molar-refractivity contribution is 7.80. The van der Waals surface area contributed by atoms with E-state index >= 15 is 0 Å². The Morgan fingerprint density at radius 2 is 1.95 bits per heavy atom. The second-order valence-electron chi connectivity index (χ2n) is 5.56. The standard InChI is InChI=1S/C17H19N3OS/c1-12-16-4-3-9-19(16)10-11-20(12)17(22)18-15-7-5-14(6-8-15)13(2)21/h3-9,12H,10-11H2,1-2H3,(H,18,22). The van der Waals surface area contributed by atoms with E-state index in [9.17, 15) is 4.79 Å². The van der Waals surface area contributed by atoms with Crippen LogP contribution < -0.4 is 5.32 Å². The fourth-order valence-corrected chi connectivity index (χ4v) is 3.21. The summed E-state index contributed by atoms with van der Waals surface area (Å²) in [7, 11) is 0. The average Bonchev–Trinajstić information content (AvgIpc) is 2.97. The molecule has 2 heterocycles. The molecule has 1 atom stereocenters. The summed E-state index contributed by atoms with van der Waals surface area (Å²) in [5, 5.41) is 3.99. The molecule has 1 aromatic heterocycles. The average molecular weight is 313 g/mol. The van der Waals surface area contributed by atoms with E-state index in [2.05, 4.69) is 40.0 Å². The zero-order valence-corrected chi connectivity index (χ0v) is 13.6. The number of rotatable bonds is 2. The molecule has 5 heteroatoms. The van der Waals surface area contributed by atoms with Crippen molar-refractivity contribution in [1.29, 1.82) is 0 Å². The second-order valence-corrected chi connectivity index (χ2v) is 5.95. The quantitative estimate of drug-likeness (QED) is 0.680. The Bertz CT molecular complexity index is 705. The summed E-state index contributed by atoms with van der Waals surface area (Å²) in [6.07, 6.45) is 2.11. The number of hydrogen-bond acceptors (Lipinski definition) is 2. The van der Waals surface area contributed by atoms with Crippen LogP contribution in [0.5, 0.6) is 0 Å². The largest absolute Gasteiger partial charge is 0.348 e. The number of nitrogens with zero attached hydrogens (tertiary/aromatic N) is 2. The molecule has 1 aliphatic rings. The van der Waals surface area contributed by atoms with Gasteiger partial charge in [-0.2, -0.15) is 0 Å². The number of carbonyl (C=O) groups excluding carboxylic acids is 1. The second kappa shape index (κ2) is 5.93. The number of fused-ring (bicyclic) bond motifs is 1. The molecule has 0 amide bonds. The first-order chi connectivity index (χ1) is 10.6. The van der Waals surface area contributed by atoms with Crippen molar-refractivity contribution in [3.8, 4) is 0 Å². The summed E-state index contributed by atoms with van der Waals surface area (Å²) in [5.74, 6) is 0.0690. The number of carbonyl (C=O) groups is 1. The van der Waals surface area contributed by atoms with Crippen LogP contribution in [-0.2, 0) is 6.54 Å². The van der Waals surface area contributed by atoms with Crippen molar-refractivity contribution in [3.63, 3.8) is 0 Å². The van der Waals surface area contributed by atoms with Crippen molar-refractivity contribution in [1.82, 2.24) is 9.47 Å². The van der Waals surface area contributed by atoms with E-state index in [0.717, 1.165) is 23.9 Å². The van der Waals surface area contributed by atoms with Crippen molar-refractivity contribution in [2.24, 2.45) is 0 Å². The van der Waals surface area contributed by atoms with Crippen molar-refractivity contribution in [2.45, 2.75) is 26.4 Å². The molecule has 0 bridgehead atoms. The summed E-state index contributed by atoms with van der Waals surface area (Å²) in [6.45, 7) is 5.56. The topological polar surface area (TPSA) is 37.3 Å². The maximum Gasteiger partial charge on any atom is 0.174 e. The van der Waals surface area contributed by atoms with Crippen LogP contribution >= 0.6 is 12.2 Å². The molecule has 3 rings (SSSR count). The zero-order chi connectivity index (χ0) is 15.7. The molecular weight excluding hydrogens is 294 g/mol. The third-order valence-electron chi connectivity index (χ3n) is 4.15. The molecule has 0 saturated carbocycles. The molecule has 4 nitrogen and oxygen atoms in total. The van der Waals surface area contributed by atoms with Gasteiger partial charge in [0.15, 0.2) is 10.9 Å². The number of thiocarbonyl (C=S) groups is 1. The van der Waals surface area contributed by atoms with Gasteiger partial charge >= 0.3 is 0 Å². The Hall–Kier alpha value is -2.14. The summed E-state index contributed by atoms with van der Waals surface area (Å²) in [6, 6.07) is 11.9. The van der Waals surface area contributed by atoms with Crippen LogP contribution in [0.25, 0.3) is 0 Å². The minimum atomic E-state index is 0.0690. The smallest absolute Gasteiger partial charge is 0.174 e. The van der Waals surface area contributed by atoms with Crippen molar-refractivity contribution < 1.29 is 4.79 Å². The molecule has 0 saturated heterocycles. The predicted molar refractivity (Wildman–Crippen MR) is 92.2 cm³/mol. The van der Waals surface area contributed by atoms with E-state index in [1.807, 2.05) is 24.3 Å². The fraction of sp³-hybridized carbons (Fsp3) is 0.294. The summed E-state index contributed by atoms with van der Waals surface area (Å²) >= 11 is 5.56. The Morgan fingerprint density at radius 3 is 2.64 bits per heavy atom. The molecule has 0 radical (unpaired) electrons. The monoisotopic (exact) mass is 313 g/mol. The van der Waals surface area contributed by atoms with E-state index in [-0.39, 0.29) is 11.8 Å². The Kier molecular flexibility index (Phi) is 3.98. The van der Waals surface area contributed by atoms with Crippen molar-refractivity contribution >= 4 is 28.8 Å². The number of ketones is 1. The van der Waals surface area contributed by atoms with Crippen LogP contribution in [0.4, 0.5) is 5.69 Å². The van der Waals surface area contributed by atoms with Gasteiger partial charge in [-0.25, -0.2) is 0 Å². The van der Waals surface area contributed by atoms with Crippen LogP contribution in [-0.4, -0.2) is 26.9 Å². The van der Waals surface area contributed by atoms with Crippen LogP contribution in [0.3, 0.4) is 0 Å². The molecule has 2 aromatic rings. The Morgan fingerprint density at radius 1 is 1.23 bits per heavy atom. The van der Waals surface area contributed by atoms with E-state index in [4.69, 9.17) is 12.2 Å². The number of aromatic nitrogens is 1. The third kappa shape index (κ3) is 2.76. The first-order valence-corrected chi connectivity index (χ1v) is 7.81. The molecule has 22 heavy (non-hydrogen) atoms. The van der Waals surface area contributed by atoms with E-state index in [1.54, 1.807) is 6.92 Å². The van der Waals surface area contributed by atoms with Gasteiger partial charge in [0.05, 0.1) is 6.04 Å². The van der Waals surface area contributed by atoms with Crippen molar-refractivity contribution in [2.75, 3.05) is 11.9 Å². The summed E-state index contributed by atoms with van der Waals surface area (Å²) in [4.78, 5) is 13.5. The molecule has 1 unspecified atom stereocenters. The molecule has 1 N–H and O–H groups in total. The highest BCUT2D eigenvalue weighted by atomic mass is 32.1. The van der Waals surface area contributed by atoms with Gasteiger partial charge < -0.3 is 14.8 Å². The predicted octanol–water partition coefficient (Wildman–Crippen LogP) is 3.46. The lowest BCUT2D eigenvalue weighted by atomic mass is 10.1. The molecule has 1 aromatic carbocycles. The van der Waals surface area contributed by atoms with Crippen LogP contribution in [0, 0.1) is 0 Å². The van der Waals surface area contributed by atoms with E-state index < -0.39 is 0 Å². The van der Waals surface area contributed by atoms with Gasteiger partial charge in [0.2, 0.25) is 0 Å². The van der Waals surface area contributed by atoms with Crippen LogP contribution in [0.2, 0.25) is 0 Å². The van der Waals surface area contributed by atoms with Crippen molar-refractivity contribution in [3.05, 3.63) is 53.9 Å². The highest BCUT2D eigenvalue weighted by Gasteiger charge is 2.25. The lowest BCUT2D eigenvalue weighted by Gasteiger charge is -2.36. The normalized spacial score (nSPS) is 17.0. The Labute approximate surface area is 135 Å². The number of anilines is 1. The number of Topliss-reactive ketones (excluding diaryl/α,β-unsaturated/α-hetero) is 1. The number of nitrogens with one attached hydrogen (secondary N) is 1. The van der Waals surface area contributed by atoms with Gasteiger partial charge in [0.1, 0.15) is 0 Å². The minimum Gasteiger partial charge on any atom is -0.348 e. The Balaban J connectivity index is 1.71. The molecule has 0 spiro atoms. The van der Waals surface area contributed by atoms with E-state index in [0.29, 0.717) is 5.56 Å². The lowest BCUT2D eigenvalue weighted by Crippen LogP contribution is -2.42. The number of hydrogen-bond donors (Lipinski definition) is 1. The van der Waals surface area contributed by atoms with Gasteiger partial charge in [0, 0.05) is 36.2 Å². The molecule has 0 fully saturated rings. The molecule has 1 aliphatic heterocycles.